The van der Waals surface area contributed by atoms with E-state index in [0.717, 1.165) is 39.1 Å². The molecule has 0 aromatic heterocycles. The fraction of sp³-hybridized carbons (Fsp3) is 0.241. The summed E-state index contributed by atoms with van der Waals surface area (Å²) >= 11 is 0. The van der Waals surface area contributed by atoms with E-state index in [2.05, 4.69) is 25.2 Å². The van der Waals surface area contributed by atoms with Gasteiger partial charge in [0.25, 0.3) is 11.8 Å². The molecular weight excluding hydrogens is 408 g/mol. The molecule has 0 unspecified atom stereocenters. The van der Waals surface area contributed by atoms with Gasteiger partial charge in [-0.2, -0.15) is 0 Å². The van der Waals surface area contributed by atoms with Gasteiger partial charge in [0, 0.05) is 5.69 Å². The molecule has 0 saturated heterocycles. The molecule has 4 nitrogen and oxygen atoms in total. The predicted molar refractivity (Wildman–Crippen MR) is 135 cm³/mol. The summed E-state index contributed by atoms with van der Waals surface area (Å²) in [4.78, 5) is 28.6. The summed E-state index contributed by atoms with van der Waals surface area (Å²) in [6.07, 6.45) is 0. The number of nitrogens with zero attached hydrogens (tertiary/aromatic N) is 1. The van der Waals surface area contributed by atoms with E-state index in [4.69, 9.17) is 0 Å². The second-order valence-corrected chi connectivity index (χ2v) is 9.24. The Morgan fingerprint density at radius 3 is 1.94 bits per heavy atom. The number of hydrogen-bond donors (Lipinski definition) is 1. The zero-order chi connectivity index (χ0) is 23.9. The highest BCUT2D eigenvalue weighted by Gasteiger charge is 2.40. The molecule has 0 bridgehead atoms. The van der Waals surface area contributed by atoms with Crippen molar-refractivity contribution in [2.45, 2.75) is 47.5 Å². The molecule has 168 valence electrons. The van der Waals surface area contributed by atoms with Crippen LogP contribution in [0.5, 0.6) is 0 Å². The Morgan fingerprint density at radius 2 is 1.36 bits per heavy atom. The zero-order valence-electron chi connectivity index (χ0n) is 20.1. The molecule has 0 fully saturated rings. The molecule has 1 N–H and O–H groups in total. The molecule has 1 aliphatic heterocycles. The van der Waals surface area contributed by atoms with Crippen LogP contribution in [0, 0.1) is 27.7 Å². The van der Waals surface area contributed by atoms with E-state index in [1.54, 1.807) is 0 Å². The molecule has 0 atom stereocenters. The maximum atomic E-state index is 13.7. The van der Waals surface area contributed by atoms with E-state index in [9.17, 15) is 9.59 Å². The molecule has 33 heavy (non-hydrogen) atoms. The smallest absolute Gasteiger partial charge is 0.282 e. The van der Waals surface area contributed by atoms with Gasteiger partial charge >= 0.3 is 0 Å². The minimum Gasteiger partial charge on any atom is -0.350 e. The van der Waals surface area contributed by atoms with E-state index in [0.29, 0.717) is 22.9 Å². The van der Waals surface area contributed by atoms with Crippen LogP contribution in [0.4, 0.5) is 11.4 Å². The van der Waals surface area contributed by atoms with Crippen molar-refractivity contribution in [2.75, 3.05) is 10.2 Å². The van der Waals surface area contributed by atoms with Gasteiger partial charge in [0.05, 0.1) is 11.3 Å². The quantitative estimate of drug-likeness (QED) is 0.466. The number of hydrogen-bond acceptors (Lipinski definition) is 3. The number of benzene rings is 3. The summed E-state index contributed by atoms with van der Waals surface area (Å²) in [6, 6.07) is 19.6. The monoisotopic (exact) mass is 438 g/mol. The van der Waals surface area contributed by atoms with Gasteiger partial charge in [-0.05, 0) is 91.3 Å². The first-order valence-corrected chi connectivity index (χ1v) is 11.3. The third kappa shape index (κ3) is 4.34. The number of anilines is 2. The van der Waals surface area contributed by atoms with Crippen molar-refractivity contribution in [1.82, 2.24) is 0 Å². The van der Waals surface area contributed by atoms with Crippen molar-refractivity contribution in [3.63, 3.8) is 0 Å². The van der Waals surface area contributed by atoms with Crippen molar-refractivity contribution >= 4 is 28.8 Å². The number of imide groups is 1. The molecule has 3 aromatic rings. The highest BCUT2D eigenvalue weighted by Crippen LogP contribution is 2.35. The minimum absolute atomic E-state index is 0.307. The van der Waals surface area contributed by atoms with Gasteiger partial charge < -0.3 is 5.32 Å². The van der Waals surface area contributed by atoms with E-state index in [1.807, 2.05) is 82.3 Å². The Kier molecular flexibility index (Phi) is 5.94. The third-order valence-electron chi connectivity index (χ3n) is 6.19. The molecule has 1 aliphatic rings. The Balaban J connectivity index is 1.82. The average Bonchev–Trinajstić information content (AvgIpc) is 2.99. The summed E-state index contributed by atoms with van der Waals surface area (Å²) in [7, 11) is 0. The lowest BCUT2D eigenvalue weighted by atomic mass is 9.99. The highest BCUT2D eigenvalue weighted by molar-refractivity contribution is 6.46. The van der Waals surface area contributed by atoms with Crippen molar-refractivity contribution in [3.8, 4) is 0 Å². The molecule has 4 heteroatoms. The van der Waals surface area contributed by atoms with Gasteiger partial charge in [0.15, 0.2) is 0 Å². The number of amides is 2. The standard InChI is InChI=1S/C29H30N2O2/c1-17(2)22-9-11-25(12-10-22)31-28(32)26(23-8-7-20(5)21(6)16-23)27(29(31)33)30-24-14-18(3)13-19(4)15-24/h7-17,30H,1-6H3. The summed E-state index contributed by atoms with van der Waals surface area (Å²) in [5.74, 6) is -0.285. The van der Waals surface area contributed by atoms with Gasteiger partial charge in [0.1, 0.15) is 5.70 Å². The molecule has 0 spiro atoms. The lowest BCUT2D eigenvalue weighted by Gasteiger charge is -2.17. The highest BCUT2D eigenvalue weighted by atomic mass is 16.2. The van der Waals surface area contributed by atoms with Crippen LogP contribution in [0.2, 0.25) is 0 Å². The first-order chi connectivity index (χ1) is 15.7. The topological polar surface area (TPSA) is 49.4 Å². The largest absolute Gasteiger partial charge is 0.350 e. The van der Waals surface area contributed by atoms with Gasteiger partial charge in [-0.15, -0.1) is 0 Å². The second-order valence-electron chi connectivity index (χ2n) is 9.24. The fourth-order valence-corrected chi connectivity index (χ4v) is 4.24. The summed E-state index contributed by atoms with van der Waals surface area (Å²) in [5, 5.41) is 3.28. The Morgan fingerprint density at radius 1 is 0.727 bits per heavy atom. The maximum Gasteiger partial charge on any atom is 0.282 e. The Labute approximate surface area is 195 Å². The second kappa shape index (κ2) is 8.70. The number of nitrogens with one attached hydrogen (secondary N) is 1. The zero-order valence-corrected chi connectivity index (χ0v) is 20.1. The molecule has 0 radical (unpaired) electrons. The van der Waals surface area contributed by atoms with Crippen LogP contribution in [0.1, 0.15) is 53.1 Å². The summed E-state index contributed by atoms with van der Waals surface area (Å²) in [5.41, 5.74) is 8.36. The molecular formula is C29H30N2O2. The number of rotatable bonds is 5. The van der Waals surface area contributed by atoms with Crippen LogP contribution in [-0.2, 0) is 9.59 Å². The molecule has 0 saturated carbocycles. The third-order valence-corrected chi connectivity index (χ3v) is 6.19. The van der Waals surface area contributed by atoms with Crippen LogP contribution >= 0.6 is 0 Å². The summed E-state index contributed by atoms with van der Waals surface area (Å²) < 4.78 is 0. The lowest BCUT2D eigenvalue weighted by molar-refractivity contribution is -0.120. The molecule has 4 rings (SSSR count). The Bertz CT molecular complexity index is 1260. The summed E-state index contributed by atoms with van der Waals surface area (Å²) in [6.45, 7) is 12.3. The lowest BCUT2D eigenvalue weighted by Crippen LogP contribution is -2.32. The van der Waals surface area contributed by atoms with Crippen LogP contribution < -0.4 is 10.2 Å². The van der Waals surface area contributed by atoms with E-state index in [-0.39, 0.29) is 11.8 Å². The van der Waals surface area contributed by atoms with Crippen molar-refractivity contribution in [1.29, 1.82) is 0 Å². The van der Waals surface area contributed by atoms with Crippen molar-refractivity contribution < 1.29 is 9.59 Å². The van der Waals surface area contributed by atoms with Crippen LogP contribution in [0.3, 0.4) is 0 Å². The number of aryl methyl sites for hydroxylation is 4. The minimum atomic E-state index is -0.343. The fourth-order valence-electron chi connectivity index (χ4n) is 4.24. The molecule has 3 aromatic carbocycles. The maximum absolute atomic E-state index is 13.7. The average molecular weight is 439 g/mol. The van der Waals surface area contributed by atoms with Crippen molar-refractivity contribution in [3.05, 3.63) is 99.7 Å². The van der Waals surface area contributed by atoms with Crippen molar-refractivity contribution in [2.24, 2.45) is 0 Å². The van der Waals surface area contributed by atoms with E-state index < -0.39 is 0 Å². The predicted octanol–water partition coefficient (Wildman–Crippen LogP) is 6.44. The Hall–Kier alpha value is -3.66. The molecule has 2 amide bonds. The number of carbonyl (C=O) groups is 2. The van der Waals surface area contributed by atoms with Gasteiger partial charge in [0.2, 0.25) is 0 Å². The van der Waals surface area contributed by atoms with Gasteiger partial charge in [-0.25, -0.2) is 4.90 Å². The molecule has 1 heterocycles. The van der Waals surface area contributed by atoms with Crippen LogP contribution in [0.15, 0.2) is 66.4 Å². The number of carbonyl (C=O) groups excluding carboxylic acids is 2. The first-order valence-electron chi connectivity index (χ1n) is 11.3. The van der Waals surface area contributed by atoms with Gasteiger partial charge in [-0.1, -0.05) is 50.2 Å². The normalized spacial score (nSPS) is 14.0. The SMILES string of the molecule is Cc1cc(C)cc(NC2=C(c3ccc(C)c(C)c3)C(=O)N(c3ccc(C(C)C)cc3)C2=O)c1. The van der Waals surface area contributed by atoms with Crippen LogP contribution in [-0.4, -0.2) is 11.8 Å². The van der Waals surface area contributed by atoms with E-state index in [1.165, 1.54) is 4.90 Å². The van der Waals surface area contributed by atoms with Crippen LogP contribution in [0.25, 0.3) is 5.57 Å². The van der Waals surface area contributed by atoms with E-state index >= 15 is 0 Å². The molecule has 0 aliphatic carbocycles. The first kappa shape index (κ1) is 22.5. The van der Waals surface area contributed by atoms with Gasteiger partial charge in [-0.3, -0.25) is 9.59 Å².